The molecule has 4 rings (SSSR count). The van der Waals surface area contributed by atoms with E-state index < -0.39 is 5.41 Å². The van der Waals surface area contributed by atoms with Gasteiger partial charge in [0, 0.05) is 43.0 Å². The Morgan fingerprint density at radius 3 is 2.61 bits per heavy atom. The number of thiophene rings is 1. The maximum Gasteiger partial charge on any atom is 0.270 e. The van der Waals surface area contributed by atoms with Crippen molar-refractivity contribution < 1.29 is 14.0 Å². The minimum atomic E-state index is -0.440. The number of halogens is 1. The number of hydrogen-bond donors (Lipinski definition) is 0. The van der Waals surface area contributed by atoms with Gasteiger partial charge in [0.15, 0.2) is 0 Å². The van der Waals surface area contributed by atoms with Gasteiger partial charge in [-0.15, -0.1) is 11.3 Å². The number of aromatic nitrogens is 1. The summed E-state index contributed by atoms with van der Waals surface area (Å²) in [6.45, 7) is 9.72. The summed E-state index contributed by atoms with van der Waals surface area (Å²) in [6, 6.07) is 10.4. The van der Waals surface area contributed by atoms with E-state index >= 15 is 0 Å². The van der Waals surface area contributed by atoms with E-state index in [0.717, 1.165) is 15.8 Å². The van der Waals surface area contributed by atoms with Gasteiger partial charge in [-0.3, -0.25) is 9.59 Å². The lowest BCUT2D eigenvalue weighted by atomic mass is 9.93. The van der Waals surface area contributed by atoms with Crippen LogP contribution in [0.15, 0.2) is 41.8 Å². The number of piperazine rings is 1. The predicted octanol–water partition coefficient (Wildman–Crippen LogP) is 4.61. The molecule has 2 aromatic heterocycles. The molecule has 0 spiro atoms. The number of carbonyl (C=O) groups excluding carboxylic acids is 2. The zero-order valence-corrected chi connectivity index (χ0v) is 19.2. The van der Waals surface area contributed by atoms with E-state index in [1.807, 2.05) is 65.6 Å². The minimum absolute atomic E-state index is 0.0443. The summed E-state index contributed by atoms with van der Waals surface area (Å²) in [5.74, 6) is -0.218. The third kappa shape index (κ3) is 4.24. The summed E-state index contributed by atoms with van der Waals surface area (Å²) < 4.78 is 15.7. The normalized spacial score (nSPS) is 17.4. The van der Waals surface area contributed by atoms with Crippen molar-refractivity contribution in [3.8, 4) is 0 Å². The molecule has 1 saturated heterocycles. The van der Waals surface area contributed by atoms with Gasteiger partial charge < -0.3 is 14.4 Å². The summed E-state index contributed by atoms with van der Waals surface area (Å²) in [7, 11) is 0. The molecule has 164 valence electrons. The van der Waals surface area contributed by atoms with Gasteiger partial charge >= 0.3 is 0 Å². The molecule has 0 saturated carbocycles. The van der Waals surface area contributed by atoms with Crippen LogP contribution in [0.4, 0.5) is 4.39 Å². The molecule has 1 aliphatic heterocycles. The van der Waals surface area contributed by atoms with E-state index in [-0.39, 0.29) is 23.7 Å². The zero-order valence-electron chi connectivity index (χ0n) is 18.4. The number of nitrogens with zero attached hydrogens (tertiary/aromatic N) is 3. The van der Waals surface area contributed by atoms with Crippen molar-refractivity contribution in [3.63, 3.8) is 0 Å². The van der Waals surface area contributed by atoms with Gasteiger partial charge in [-0.1, -0.05) is 32.9 Å². The molecule has 1 atom stereocenters. The van der Waals surface area contributed by atoms with Crippen molar-refractivity contribution in [2.75, 3.05) is 19.6 Å². The fourth-order valence-corrected chi connectivity index (χ4v) is 5.06. The molecular weight excluding hydrogens is 413 g/mol. The average Bonchev–Trinajstić information content (AvgIpc) is 3.29. The van der Waals surface area contributed by atoms with E-state index in [2.05, 4.69) is 0 Å². The quantitative estimate of drug-likeness (QED) is 0.596. The van der Waals surface area contributed by atoms with Crippen LogP contribution < -0.4 is 0 Å². The summed E-state index contributed by atoms with van der Waals surface area (Å²) in [4.78, 5) is 30.9. The maximum atomic E-state index is 13.7. The second kappa shape index (κ2) is 8.11. The molecule has 1 aromatic carbocycles. The highest BCUT2D eigenvalue weighted by Gasteiger charge is 2.35. The van der Waals surface area contributed by atoms with E-state index in [4.69, 9.17) is 0 Å². The molecule has 1 unspecified atom stereocenters. The Labute approximate surface area is 186 Å². The highest BCUT2D eigenvalue weighted by Crippen LogP contribution is 2.28. The number of hydrogen-bond acceptors (Lipinski definition) is 3. The van der Waals surface area contributed by atoms with Crippen LogP contribution >= 0.6 is 11.3 Å². The van der Waals surface area contributed by atoms with Gasteiger partial charge in [-0.25, -0.2) is 4.39 Å². The molecule has 31 heavy (non-hydrogen) atoms. The fraction of sp³-hybridized carbons (Fsp3) is 0.417. The van der Waals surface area contributed by atoms with Crippen molar-refractivity contribution >= 4 is 33.4 Å². The maximum absolute atomic E-state index is 13.7. The van der Waals surface area contributed by atoms with Gasteiger partial charge in [-0.05, 0) is 42.1 Å². The van der Waals surface area contributed by atoms with Crippen LogP contribution in [0.2, 0.25) is 0 Å². The molecule has 0 radical (unpaired) electrons. The van der Waals surface area contributed by atoms with Crippen LogP contribution in [0, 0.1) is 11.2 Å². The number of fused-ring (bicyclic) bond motifs is 1. The van der Waals surface area contributed by atoms with Crippen LogP contribution in [0.3, 0.4) is 0 Å². The SMILES string of the molecule is CC1CN(C(=O)c2cc3ccsc3n2Cc2cccc(F)c2)CCN1C(=O)C(C)(C)C. The molecule has 5 nitrogen and oxygen atoms in total. The lowest BCUT2D eigenvalue weighted by molar-refractivity contribution is -0.143. The molecule has 2 amide bonds. The lowest BCUT2D eigenvalue weighted by Gasteiger charge is -2.42. The molecule has 0 bridgehead atoms. The van der Waals surface area contributed by atoms with Crippen LogP contribution in [-0.2, 0) is 11.3 Å². The summed E-state index contributed by atoms with van der Waals surface area (Å²) >= 11 is 1.58. The molecule has 0 N–H and O–H groups in total. The summed E-state index contributed by atoms with van der Waals surface area (Å²) in [5.41, 5.74) is 0.979. The Morgan fingerprint density at radius 2 is 1.94 bits per heavy atom. The summed E-state index contributed by atoms with van der Waals surface area (Å²) in [5, 5.41) is 3.01. The number of amides is 2. The van der Waals surface area contributed by atoms with E-state index in [1.165, 1.54) is 12.1 Å². The highest BCUT2D eigenvalue weighted by atomic mass is 32.1. The second-order valence-electron chi connectivity index (χ2n) is 9.28. The van der Waals surface area contributed by atoms with Crippen molar-refractivity contribution in [3.05, 3.63) is 58.9 Å². The molecular formula is C24H28FN3O2S. The van der Waals surface area contributed by atoms with Crippen molar-refractivity contribution in [1.82, 2.24) is 14.4 Å². The molecule has 1 aliphatic rings. The Hall–Kier alpha value is -2.67. The van der Waals surface area contributed by atoms with Gasteiger partial charge in [0.25, 0.3) is 5.91 Å². The zero-order chi connectivity index (χ0) is 22.3. The predicted molar refractivity (Wildman–Crippen MR) is 122 cm³/mol. The van der Waals surface area contributed by atoms with Gasteiger partial charge in [0.1, 0.15) is 16.3 Å². The van der Waals surface area contributed by atoms with Crippen LogP contribution in [0.5, 0.6) is 0 Å². The van der Waals surface area contributed by atoms with E-state index in [9.17, 15) is 14.0 Å². The van der Waals surface area contributed by atoms with Crippen LogP contribution in [-0.4, -0.2) is 51.9 Å². The lowest BCUT2D eigenvalue weighted by Crippen LogP contribution is -2.57. The second-order valence-corrected chi connectivity index (χ2v) is 10.2. The Morgan fingerprint density at radius 1 is 1.16 bits per heavy atom. The van der Waals surface area contributed by atoms with Crippen LogP contribution in [0.1, 0.15) is 43.7 Å². The summed E-state index contributed by atoms with van der Waals surface area (Å²) in [6.07, 6.45) is 0. The molecule has 7 heteroatoms. The Kier molecular flexibility index (Phi) is 5.64. The van der Waals surface area contributed by atoms with Crippen molar-refractivity contribution in [1.29, 1.82) is 0 Å². The van der Waals surface area contributed by atoms with Crippen LogP contribution in [0.25, 0.3) is 10.2 Å². The Bertz CT molecular complexity index is 1130. The third-order valence-corrected chi connectivity index (χ3v) is 6.72. The van der Waals surface area contributed by atoms with E-state index in [1.54, 1.807) is 17.4 Å². The number of benzene rings is 1. The minimum Gasteiger partial charge on any atom is -0.336 e. The first-order valence-corrected chi connectivity index (χ1v) is 11.4. The largest absolute Gasteiger partial charge is 0.336 e. The molecule has 3 heterocycles. The van der Waals surface area contributed by atoms with Crippen molar-refractivity contribution in [2.24, 2.45) is 5.41 Å². The highest BCUT2D eigenvalue weighted by molar-refractivity contribution is 7.16. The third-order valence-electron chi connectivity index (χ3n) is 5.77. The number of carbonyl (C=O) groups is 2. The fourth-order valence-electron chi connectivity index (χ4n) is 4.16. The molecule has 1 fully saturated rings. The van der Waals surface area contributed by atoms with E-state index in [0.29, 0.717) is 31.9 Å². The van der Waals surface area contributed by atoms with Gasteiger partial charge in [0.2, 0.25) is 5.91 Å². The topological polar surface area (TPSA) is 45.6 Å². The van der Waals surface area contributed by atoms with Gasteiger partial charge in [-0.2, -0.15) is 0 Å². The standard InChI is InChI=1S/C24H28FN3O2S/c1-16-14-26(9-10-27(16)23(30)24(2,3)4)21(29)20-13-18-8-11-31-22(18)28(20)15-17-6-5-7-19(25)12-17/h5-8,11-13,16H,9-10,14-15H2,1-4H3. The average molecular weight is 442 g/mol. The van der Waals surface area contributed by atoms with Crippen molar-refractivity contribution in [2.45, 2.75) is 40.3 Å². The smallest absolute Gasteiger partial charge is 0.270 e. The first-order chi connectivity index (χ1) is 14.6. The first kappa shape index (κ1) is 21.6. The first-order valence-electron chi connectivity index (χ1n) is 10.6. The Balaban J connectivity index is 1.59. The molecule has 3 aromatic rings. The number of rotatable bonds is 3. The molecule has 0 aliphatic carbocycles. The monoisotopic (exact) mass is 441 g/mol. The van der Waals surface area contributed by atoms with Gasteiger partial charge in [0.05, 0.1) is 0 Å².